The Labute approximate surface area is 203 Å². The Morgan fingerprint density at radius 2 is 1.97 bits per heavy atom. The van der Waals surface area contributed by atoms with Gasteiger partial charge in [-0.15, -0.1) is 0 Å². The molecule has 1 aliphatic heterocycles. The summed E-state index contributed by atoms with van der Waals surface area (Å²) < 4.78 is 18.1. The molecular formula is C26H29N5O4. The highest BCUT2D eigenvalue weighted by Crippen LogP contribution is 2.28. The van der Waals surface area contributed by atoms with Crippen LogP contribution < -0.4 is 10.1 Å². The van der Waals surface area contributed by atoms with Crippen molar-refractivity contribution < 1.29 is 18.7 Å². The molecular weight excluding hydrogens is 446 g/mol. The van der Waals surface area contributed by atoms with Crippen molar-refractivity contribution in [1.29, 1.82) is 0 Å². The fraction of sp³-hybridized carbons (Fsp3) is 0.346. The lowest BCUT2D eigenvalue weighted by Gasteiger charge is -2.35. The number of carbonyl (C=O) groups excluding carboxylic acids is 1. The maximum atomic E-state index is 13.6. The summed E-state index contributed by atoms with van der Waals surface area (Å²) in [5.74, 6) is 1.23. The van der Waals surface area contributed by atoms with E-state index in [0.29, 0.717) is 42.4 Å². The standard InChI is InChI=1S/C26H29N5O4/c1-17-24-20(15-21(23-5-4-12-35-23)28-25(24)30(2)29-17)26(32)27-16-22(31-10-13-34-14-11-31)18-6-8-19(33-3)9-7-18/h4-9,12,15,22H,10-11,13-14,16H2,1-3H3,(H,27,32). The van der Waals surface area contributed by atoms with Gasteiger partial charge in [0.05, 0.1) is 49.3 Å². The first-order valence-corrected chi connectivity index (χ1v) is 11.7. The first kappa shape index (κ1) is 23.1. The summed E-state index contributed by atoms with van der Waals surface area (Å²) >= 11 is 0. The number of amides is 1. The quantitative estimate of drug-likeness (QED) is 0.438. The first-order chi connectivity index (χ1) is 17.0. The monoisotopic (exact) mass is 475 g/mol. The number of methoxy groups -OCH3 is 1. The van der Waals surface area contributed by atoms with E-state index in [9.17, 15) is 4.79 Å². The van der Waals surface area contributed by atoms with Gasteiger partial charge in [-0.2, -0.15) is 5.10 Å². The number of fused-ring (bicyclic) bond motifs is 1. The summed E-state index contributed by atoms with van der Waals surface area (Å²) in [7, 11) is 3.48. The van der Waals surface area contributed by atoms with E-state index in [4.69, 9.17) is 18.9 Å². The number of nitrogens with one attached hydrogen (secondary N) is 1. The molecule has 1 fully saturated rings. The Bertz CT molecular complexity index is 1310. The van der Waals surface area contributed by atoms with Crippen molar-refractivity contribution in [2.45, 2.75) is 13.0 Å². The molecule has 1 atom stereocenters. The maximum Gasteiger partial charge on any atom is 0.252 e. The van der Waals surface area contributed by atoms with Crippen LogP contribution in [-0.4, -0.2) is 65.5 Å². The summed E-state index contributed by atoms with van der Waals surface area (Å²) in [4.78, 5) is 20.6. The van der Waals surface area contributed by atoms with Crippen LogP contribution >= 0.6 is 0 Å². The van der Waals surface area contributed by atoms with Gasteiger partial charge in [0.15, 0.2) is 11.4 Å². The number of hydrogen-bond donors (Lipinski definition) is 1. The minimum Gasteiger partial charge on any atom is -0.497 e. The lowest BCUT2D eigenvalue weighted by Crippen LogP contribution is -2.43. The summed E-state index contributed by atoms with van der Waals surface area (Å²) in [6.07, 6.45) is 1.59. The number of morpholine rings is 1. The SMILES string of the molecule is COc1ccc(C(CNC(=O)c2cc(-c3ccco3)nc3c2c(C)nn3C)N2CCOCC2)cc1. The molecule has 5 rings (SSSR count). The van der Waals surface area contributed by atoms with Gasteiger partial charge in [0.2, 0.25) is 0 Å². The number of aryl methyl sites for hydroxylation is 2. The van der Waals surface area contributed by atoms with E-state index >= 15 is 0 Å². The molecule has 3 aromatic heterocycles. The predicted octanol–water partition coefficient (Wildman–Crippen LogP) is 3.35. The number of pyridine rings is 1. The number of benzene rings is 1. The number of aromatic nitrogens is 3. The predicted molar refractivity (Wildman–Crippen MR) is 131 cm³/mol. The molecule has 0 spiro atoms. The highest BCUT2D eigenvalue weighted by molar-refractivity contribution is 6.07. The van der Waals surface area contributed by atoms with Crippen LogP contribution in [0.15, 0.2) is 53.1 Å². The minimum absolute atomic E-state index is 0.00521. The van der Waals surface area contributed by atoms with E-state index in [2.05, 4.69) is 27.4 Å². The van der Waals surface area contributed by atoms with Gasteiger partial charge in [0.1, 0.15) is 11.4 Å². The Kier molecular flexibility index (Phi) is 6.52. The van der Waals surface area contributed by atoms with E-state index in [1.807, 2.05) is 32.2 Å². The normalized spacial score (nSPS) is 15.3. The summed E-state index contributed by atoms with van der Waals surface area (Å²) in [6, 6.07) is 13.4. The van der Waals surface area contributed by atoms with Crippen LogP contribution in [0.2, 0.25) is 0 Å². The van der Waals surface area contributed by atoms with Crippen LogP contribution in [0.25, 0.3) is 22.5 Å². The zero-order valence-electron chi connectivity index (χ0n) is 20.2. The molecule has 9 nitrogen and oxygen atoms in total. The molecule has 1 saturated heterocycles. The van der Waals surface area contributed by atoms with Crippen LogP contribution in [-0.2, 0) is 11.8 Å². The average molecular weight is 476 g/mol. The molecule has 0 saturated carbocycles. The van der Waals surface area contributed by atoms with Crippen LogP contribution in [0.4, 0.5) is 0 Å². The van der Waals surface area contributed by atoms with Gasteiger partial charge < -0.3 is 19.2 Å². The molecule has 1 unspecified atom stereocenters. The third-order valence-electron chi connectivity index (χ3n) is 6.43. The second-order valence-corrected chi connectivity index (χ2v) is 8.59. The molecule has 1 aliphatic rings. The number of hydrogen-bond acceptors (Lipinski definition) is 7. The molecule has 0 bridgehead atoms. The topological polar surface area (TPSA) is 94.7 Å². The Hall–Kier alpha value is -3.69. The Morgan fingerprint density at radius 3 is 2.66 bits per heavy atom. The van der Waals surface area contributed by atoms with Crippen molar-refractivity contribution >= 4 is 16.9 Å². The van der Waals surface area contributed by atoms with Crippen molar-refractivity contribution in [3.8, 4) is 17.2 Å². The lowest BCUT2D eigenvalue weighted by atomic mass is 10.0. The average Bonchev–Trinajstić information content (AvgIpc) is 3.53. The molecule has 9 heteroatoms. The zero-order valence-corrected chi connectivity index (χ0v) is 20.2. The summed E-state index contributed by atoms with van der Waals surface area (Å²) in [6.45, 7) is 5.29. The third-order valence-corrected chi connectivity index (χ3v) is 6.43. The van der Waals surface area contributed by atoms with Gasteiger partial charge >= 0.3 is 0 Å². The second kappa shape index (κ2) is 9.89. The van der Waals surface area contributed by atoms with Crippen molar-refractivity contribution in [2.24, 2.45) is 7.05 Å². The number of carbonyl (C=O) groups is 1. The van der Waals surface area contributed by atoms with Gasteiger partial charge in [0.25, 0.3) is 5.91 Å². The fourth-order valence-electron chi connectivity index (χ4n) is 4.63. The van der Waals surface area contributed by atoms with Crippen LogP contribution in [0.1, 0.15) is 27.7 Å². The van der Waals surface area contributed by atoms with Crippen molar-refractivity contribution in [3.63, 3.8) is 0 Å². The first-order valence-electron chi connectivity index (χ1n) is 11.7. The fourth-order valence-corrected chi connectivity index (χ4v) is 4.63. The van der Waals surface area contributed by atoms with Crippen LogP contribution in [0.3, 0.4) is 0 Å². The second-order valence-electron chi connectivity index (χ2n) is 8.59. The van der Waals surface area contributed by atoms with Crippen molar-refractivity contribution in [3.05, 3.63) is 65.5 Å². The largest absolute Gasteiger partial charge is 0.497 e. The zero-order chi connectivity index (χ0) is 24.4. The Balaban J connectivity index is 1.45. The van der Waals surface area contributed by atoms with Gasteiger partial charge in [-0.05, 0) is 42.8 Å². The molecule has 182 valence electrons. The highest BCUT2D eigenvalue weighted by Gasteiger charge is 2.25. The van der Waals surface area contributed by atoms with E-state index in [0.717, 1.165) is 35.5 Å². The van der Waals surface area contributed by atoms with Crippen LogP contribution in [0, 0.1) is 6.92 Å². The van der Waals surface area contributed by atoms with E-state index < -0.39 is 0 Å². The van der Waals surface area contributed by atoms with Gasteiger partial charge in [-0.1, -0.05) is 12.1 Å². The molecule has 4 aromatic rings. The van der Waals surface area contributed by atoms with E-state index in [-0.39, 0.29) is 11.9 Å². The maximum absolute atomic E-state index is 13.6. The Morgan fingerprint density at radius 1 is 1.20 bits per heavy atom. The molecule has 1 N–H and O–H groups in total. The molecule has 1 amide bonds. The van der Waals surface area contributed by atoms with E-state index in [1.165, 1.54) is 0 Å². The number of ether oxygens (including phenoxy) is 2. The molecule has 35 heavy (non-hydrogen) atoms. The molecule has 4 heterocycles. The van der Waals surface area contributed by atoms with E-state index in [1.54, 1.807) is 30.2 Å². The molecule has 1 aromatic carbocycles. The number of rotatable bonds is 7. The number of furan rings is 1. The number of nitrogens with zero attached hydrogens (tertiary/aromatic N) is 4. The molecule has 0 radical (unpaired) electrons. The van der Waals surface area contributed by atoms with Crippen LogP contribution in [0.5, 0.6) is 5.75 Å². The minimum atomic E-state index is -0.173. The van der Waals surface area contributed by atoms with Gasteiger partial charge in [-0.3, -0.25) is 14.4 Å². The molecule has 0 aliphatic carbocycles. The van der Waals surface area contributed by atoms with Gasteiger partial charge in [0, 0.05) is 26.7 Å². The van der Waals surface area contributed by atoms with Gasteiger partial charge in [-0.25, -0.2) is 4.98 Å². The lowest BCUT2D eigenvalue weighted by molar-refractivity contribution is 0.0162. The highest BCUT2D eigenvalue weighted by atomic mass is 16.5. The van der Waals surface area contributed by atoms with Crippen molar-refractivity contribution in [1.82, 2.24) is 25.0 Å². The smallest absolute Gasteiger partial charge is 0.252 e. The summed E-state index contributed by atoms with van der Waals surface area (Å²) in [5.41, 5.74) is 3.63. The summed E-state index contributed by atoms with van der Waals surface area (Å²) in [5, 5.41) is 8.42. The van der Waals surface area contributed by atoms with Crippen molar-refractivity contribution in [2.75, 3.05) is 40.0 Å². The third kappa shape index (κ3) is 4.65.